The molecular weight excluding hydrogens is 415 g/mol. The number of benzene rings is 1. The number of piperidine rings is 1. The molecule has 0 unspecified atom stereocenters. The van der Waals surface area contributed by atoms with E-state index >= 15 is 0 Å². The molecule has 8 heteroatoms. The molecule has 2 N–H and O–H groups in total. The molecular formula is C19H24BrFN4O2. The van der Waals surface area contributed by atoms with E-state index in [4.69, 9.17) is 5.41 Å². The molecule has 0 spiro atoms. The smallest absolute Gasteiger partial charge is 0.231 e. The fraction of sp³-hybridized carbons (Fsp3) is 0.526. The van der Waals surface area contributed by atoms with E-state index in [9.17, 15) is 14.0 Å². The third kappa shape index (κ3) is 4.15. The van der Waals surface area contributed by atoms with E-state index in [-0.39, 0.29) is 35.9 Å². The van der Waals surface area contributed by atoms with Crippen LogP contribution in [-0.2, 0) is 15.1 Å². The van der Waals surface area contributed by atoms with Gasteiger partial charge in [-0.15, -0.1) is 0 Å². The lowest BCUT2D eigenvalue weighted by Crippen LogP contribution is -2.60. The fourth-order valence-electron chi connectivity index (χ4n) is 3.79. The number of halogens is 2. The van der Waals surface area contributed by atoms with Gasteiger partial charge in [0.05, 0.1) is 16.4 Å². The van der Waals surface area contributed by atoms with Crippen LogP contribution in [0.1, 0.15) is 38.7 Å². The van der Waals surface area contributed by atoms with Crippen LogP contribution < -0.4 is 5.32 Å². The largest absolute Gasteiger partial charge is 0.346 e. The van der Waals surface area contributed by atoms with Gasteiger partial charge in [-0.25, -0.2) is 4.39 Å². The molecule has 0 aromatic heterocycles. The van der Waals surface area contributed by atoms with Crippen molar-refractivity contribution in [3.8, 4) is 0 Å². The number of carbonyl (C=O) groups is 2. The number of hydrogen-bond donors (Lipinski definition) is 2. The molecule has 1 aromatic rings. The summed E-state index contributed by atoms with van der Waals surface area (Å²) in [5.41, 5.74) is 0.00194. The van der Waals surface area contributed by atoms with Gasteiger partial charge in [0.2, 0.25) is 11.8 Å². The maximum atomic E-state index is 13.5. The predicted molar refractivity (Wildman–Crippen MR) is 104 cm³/mol. The summed E-state index contributed by atoms with van der Waals surface area (Å²) < 4.78 is 13.9. The highest BCUT2D eigenvalue weighted by Gasteiger charge is 2.40. The first-order chi connectivity index (χ1) is 12.7. The Kier molecular flexibility index (Phi) is 5.55. The normalized spacial score (nSPS) is 24.1. The maximum Gasteiger partial charge on any atom is 0.231 e. The topological polar surface area (TPSA) is 76.5 Å². The van der Waals surface area contributed by atoms with Crippen LogP contribution in [0.4, 0.5) is 4.39 Å². The average molecular weight is 439 g/mol. The molecule has 27 heavy (non-hydrogen) atoms. The summed E-state index contributed by atoms with van der Waals surface area (Å²) in [5, 5.41) is 11.5. The number of rotatable bonds is 3. The number of nitrogens with one attached hydrogen (secondary N) is 2. The molecule has 2 heterocycles. The SMILES string of the molecule is CC(=O)N1CCC(CN2C(=N)N[C@](C)(c3ccc(F)c(Br)c3)CC2=O)CC1. The molecule has 0 saturated carbocycles. The van der Waals surface area contributed by atoms with Gasteiger partial charge in [-0.05, 0) is 59.3 Å². The van der Waals surface area contributed by atoms with Crippen molar-refractivity contribution in [3.05, 3.63) is 34.1 Å². The highest BCUT2D eigenvalue weighted by molar-refractivity contribution is 9.10. The van der Waals surface area contributed by atoms with E-state index in [1.165, 1.54) is 11.0 Å². The summed E-state index contributed by atoms with van der Waals surface area (Å²) in [6, 6.07) is 4.65. The average Bonchev–Trinajstić information content (AvgIpc) is 2.61. The molecule has 6 nitrogen and oxygen atoms in total. The van der Waals surface area contributed by atoms with E-state index in [0.717, 1.165) is 18.4 Å². The quantitative estimate of drug-likeness (QED) is 0.761. The summed E-state index contributed by atoms with van der Waals surface area (Å²) >= 11 is 3.18. The second-order valence-corrected chi connectivity index (χ2v) is 8.42. The molecule has 1 aromatic carbocycles. The summed E-state index contributed by atoms with van der Waals surface area (Å²) in [6.07, 6.45) is 1.86. The van der Waals surface area contributed by atoms with Gasteiger partial charge >= 0.3 is 0 Å². The van der Waals surface area contributed by atoms with Crippen molar-refractivity contribution in [2.75, 3.05) is 19.6 Å². The molecule has 2 saturated heterocycles. The van der Waals surface area contributed by atoms with E-state index in [2.05, 4.69) is 21.2 Å². The highest BCUT2D eigenvalue weighted by atomic mass is 79.9. The lowest BCUT2D eigenvalue weighted by molar-refractivity contribution is -0.133. The lowest BCUT2D eigenvalue weighted by atomic mass is 9.86. The Hall–Kier alpha value is -1.96. The van der Waals surface area contributed by atoms with Gasteiger partial charge in [-0.1, -0.05) is 6.07 Å². The summed E-state index contributed by atoms with van der Waals surface area (Å²) in [5.74, 6) is -0.0499. The Morgan fingerprint density at radius 2 is 2.07 bits per heavy atom. The molecule has 2 aliphatic rings. The van der Waals surface area contributed by atoms with E-state index < -0.39 is 5.54 Å². The number of amides is 2. The zero-order valence-corrected chi connectivity index (χ0v) is 17.1. The molecule has 1 atom stereocenters. The lowest BCUT2D eigenvalue weighted by Gasteiger charge is -2.43. The van der Waals surface area contributed by atoms with E-state index in [0.29, 0.717) is 24.1 Å². The minimum absolute atomic E-state index is 0.0724. The van der Waals surface area contributed by atoms with Crippen LogP contribution in [-0.4, -0.2) is 47.2 Å². The van der Waals surface area contributed by atoms with Crippen molar-refractivity contribution in [1.29, 1.82) is 5.41 Å². The number of carbonyl (C=O) groups excluding carboxylic acids is 2. The van der Waals surface area contributed by atoms with Gasteiger partial charge in [0.25, 0.3) is 0 Å². The van der Waals surface area contributed by atoms with Crippen LogP contribution >= 0.6 is 15.9 Å². The Bertz CT molecular complexity index is 759. The van der Waals surface area contributed by atoms with Gasteiger partial charge in [0.1, 0.15) is 5.82 Å². The molecule has 0 bridgehead atoms. The monoisotopic (exact) mass is 438 g/mol. The van der Waals surface area contributed by atoms with Crippen molar-refractivity contribution in [1.82, 2.24) is 15.1 Å². The van der Waals surface area contributed by atoms with Crippen LogP contribution in [0, 0.1) is 17.1 Å². The Balaban J connectivity index is 1.67. The van der Waals surface area contributed by atoms with E-state index in [1.807, 2.05) is 11.8 Å². The van der Waals surface area contributed by atoms with Crippen LogP contribution in [0.3, 0.4) is 0 Å². The number of guanidine groups is 1. The Morgan fingerprint density at radius 1 is 1.41 bits per heavy atom. The Labute approximate surface area is 166 Å². The van der Waals surface area contributed by atoms with Crippen molar-refractivity contribution in [3.63, 3.8) is 0 Å². The molecule has 146 valence electrons. The molecule has 2 fully saturated rings. The van der Waals surface area contributed by atoms with Crippen molar-refractivity contribution >= 4 is 33.7 Å². The van der Waals surface area contributed by atoms with Gasteiger partial charge in [-0.2, -0.15) is 0 Å². The maximum absolute atomic E-state index is 13.5. The fourth-order valence-corrected chi connectivity index (χ4v) is 4.17. The minimum atomic E-state index is -0.751. The molecule has 0 radical (unpaired) electrons. The van der Waals surface area contributed by atoms with Crippen LogP contribution in [0.25, 0.3) is 0 Å². The van der Waals surface area contributed by atoms with Crippen molar-refractivity contribution in [2.24, 2.45) is 5.92 Å². The predicted octanol–water partition coefficient (Wildman–Crippen LogP) is 2.82. The molecule has 3 rings (SSSR count). The van der Waals surface area contributed by atoms with Gasteiger partial charge in [-0.3, -0.25) is 19.9 Å². The third-order valence-electron chi connectivity index (χ3n) is 5.53. The molecule has 2 amide bonds. The van der Waals surface area contributed by atoms with Gasteiger partial charge in [0.15, 0.2) is 5.96 Å². The van der Waals surface area contributed by atoms with E-state index in [1.54, 1.807) is 19.1 Å². The molecule has 0 aliphatic carbocycles. The molecule has 2 aliphatic heterocycles. The number of likely N-dealkylation sites (tertiary alicyclic amines) is 1. The zero-order valence-electron chi connectivity index (χ0n) is 15.5. The zero-order chi connectivity index (χ0) is 19.8. The standard InChI is InChI=1S/C19H24BrFN4O2/c1-12(26)24-7-5-13(6-8-24)11-25-17(27)10-19(2,23-18(25)22)14-3-4-16(21)15(20)9-14/h3-4,9,13H,5-8,10-11H2,1-2H3,(H2,22,23)/t19-/m0/s1. The van der Waals surface area contributed by atoms with Gasteiger partial charge < -0.3 is 10.2 Å². The highest BCUT2D eigenvalue weighted by Crippen LogP contribution is 2.32. The van der Waals surface area contributed by atoms with Crippen LogP contribution in [0.15, 0.2) is 22.7 Å². The summed E-state index contributed by atoms with van der Waals surface area (Å²) in [7, 11) is 0. The second kappa shape index (κ2) is 7.58. The minimum Gasteiger partial charge on any atom is -0.346 e. The Morgan fingerprint density at radius 3 is 2.63 bits per heavy atom. The summed E-state index contributed by atoms with van der Waals surface area (Å²) in [4.78, 5) is 27.5. The van der Waals surface area contributed by atoms with Crippen molar-refractivity contribution < 1.29 is 14.0 Å². The van der Waals surface area contributed by atoms with Crippen LogP contribution in [0.2, 0.25) is 0 Å². The third-order valence-corrected chi connectivity index (χ3v) is 6.14. The van der Waals surface area contributed by atoms with Crippen molar-refractivity contribution in [2.45, 2.75) is 38.6 Å². The summed E-state index contributed by atoms with van der Waals surface area (Å²) in [6.45, 7) is 5.30. The second-order valence-electron chi connectivity index (χ2n) is 7.57. The van der Waals surface area contributed by atoms with Gasteiger partial charge in [0, 0.05) is 26.6 Å². The first-order valence-electron chi connectivity index (χ1n) is 9.08. The number of hydrogen-bond acceptors (Lipinski definition) is 3. The van der Waals surface area contributed by atoms with Crippen LogP contribution in [0.5, 0.6) is 0 Å². The first kappa shape index (κ1) is 19.8. The first-order valence-corrected chi connectivity index (χ1v) is 9.87. The number of nitrogens with zero attached hydrogens (tertiary/aromatic N) is 2.